The Morgan fingerprint density at radius 2 is 2.08 bits per heavy atom. The maximum absolute atomic E-state index is 12.7. The summed E-state index contributed by atoms with van der Waals surface area (Å²) >= 11 is 0. The smallest absolute Gasteiger partial charge is 0.275 e. The van der Waals surface area contributed by atoms with Crippen molar-refractivity contribution in [2.45, 2.75) is 6.92 Å². The van der Waals surface area contributed by atoms with Crippen LogP contribution in [-0.2, 0) is 0 Å². The van der Waals surface area contributed by atoms with Crippen molar-refractivity contribution >= 4 is 17.4 Å². The van der Waals surface area contributed by atoms with E-state index in [1.165, 1.54) is 21.5 Å². The number of fused-ring (bicyclic) bond motifs is 1. The number of aryl methyl sites for hydroxylation is 1. The zero-order valence-electron chi connectivity index (χ0n) is 13.2. The third-order valence-electron chi connectivity index (χ3n) is 3.59. The van der Waals surface area contributed by atoms with Gasteiger partial charge in [0.25, 0.3) is 11.5 Å². The fourth-order valence-corrected chi connectivity index (χ4v) is 2.58. The van der Waals surface area contributed by atoms with Crippen molar-refractivity contribution in [2.75, 3.05) is 5.32 Å². The van der Waals surface area contributed by atoms with Crippen LogP contribution in [0.3, 0.4) is 0 Å². The number of hydrogen-bond acceptors (Lipinski definition) is 5. The van der Waals surface area contributed by atoms with E-state index in [1.807, 2.05) is 0 Å². The van der Waals surface area contributed by atoms with E-state index in [0.717, 1.165) is 0 Å². The monoisotopic (exact) mass is 335 g/mol. The SMILES string of the molecule is Cc1cc(=O)n2c(cc(C(=O)Nc3ccn[nH]3)n2-c2ccccn2)n1. The number of carbonyl (C=O) groups excluding carboxylic acids is 1. The van der Waals surface area contributed by atoms with Crippen molar-refractivity contribution < 1.29 is 4.79 Å². The summed E-state index contributed by atoms with van der Waals surface area (Å²) in [5.74, 6) is 0.455. The van der Waals surface area contributed by atoms with Gasteiger partial charge in [-0.1, -0.05) is 6.07 Å². The molecule has 9 nitrogen and oxygen atoms in total. The zero-order chi connectivity index (χ0) is 17.4. The van der Waals surface area contributed by atoms with E-state index in [-0.39, 0.29) is 11.3 Å². The maximum atomic E-state index is 12.7. The number of nitrogens with zero attached hydrogens (tertiary/aromatic N) is 5. The van der Waals surface area contributed by atoms with Gasteiger partial charge in [0.05, 0.1) is 6.20 Å². The maximum Gasteiger partial charge on any atom is 0.275 e. The van der Waals surface area contributed by atoms with Gasteiger partial charge in [0.1, 0.15) is 11.5 Å². The lowest BCUT2D eigenvalue weighted by molar-refractivity contribution is 0.101. The minimum Gasteiger partial charge on any atom is -0.306 e. The largest absolute Gasteiger partial charge is 0.306 e. The van der Waals surface area contributed by atoms with Crippen LogP contribution in [0.15, 0.2) is 53.6 Å². The predicted molar refractivity (Wildman–Crippen MR) is 89.9 cm³/mol. The highest BCUT2D eigenvalue weighted by molar-refractivity contribution is 6.03. The Bertz CT molecular complexity index is 1110. The molecule has 2 N–H and O–H groups in total. The summed E-state index contributed by atoms with van der Waals surface area (Å²) in [4.78, 5) is 33.8. The Hall–Kier alpha value is -3.75. The second kappa shape index (κ2) is 5.71. The molecule has 1 amide bonds. The molecule has 0 atom stereocenters. The molecule has 9 heteroatoms. The van der Waals surface area contributed by atoms with Gasteiger partial charge >= 0.3 is 0 Å². The molecule has 0 radical (unpaired) electrons. The van der Waals surface area contributed by atoms with Gasteiger partial charge in [0.15, 0.2) is 11.5 Å². The molecule has 0 saturated heterocycles. The van der Waals surface area contributed by atoms with E-state index < -0.39 is 5.91 Å². The molecule has 0 aromatic carbocycles. The summed E-state index contributed by atoms with van der Waals surface area (Å²) in [6.45, 7) is 1.73. The highest BCUT2D eigenvalue weighted by Gasteiger charge is 2.20. The van der Waals surface area contributed by atoms with Gasteiger partial charge in [-0.2, -0.15) is 9.61 Å². The molecule has 4 aromatic heterocycles. The first-order chi connectivity index (χ1) is 12.1. The number of hydrogen-bond donors (Lipinski definition) is 2. The van der Waals surface area contributed by atoms with Crippen LogP contribution in [0.25, 0.3) is 11.5 Å². The number of H-pyrrole nitrogens is 1. The molecule has 0 unspecified atom stereocenters. The van der Waals surface area contributed by atoms with Crippen LogP contribution in [0, 0.1) is 6.92 Å². The van der Waals surface area contributed by atoms with Crippen molar-refractivity contribution in [2.24, 2.45) is 0 Å². The highest BCUT2D eigenvalue weighted by Crippen LogP contribution is 2.15. The second-order valence-electron chi connectivity index (χ2n) is 5.36. The molecule has 25 heavy (non-hydrogen) atoms. The minimum absolute atomic E-state index is 0.225. The Morgan fingerprint density at radius 3 is 2.80 bits per heavy atom. The Kier molecular flexibility index (Phi) is 3.38. The highest BCUT2D eigenvalue weighted by atomic mass is 16.2. The molecule has 0 aliphatic carbocycles. The summed E-state index contributed by atoms with van der Waals surface area (Å²) in [5.41, 5.74) is 0.867. The lowest BCUT2D eigenvalue weighted by Crippen LogP contribution is -2.25. The van der Waals surface area contributed by atoms with E-state index >= 15 is 0 Å². The number of carbonyl (C=O) groups is 1. The van der Waals surface area contributed by atoms with Crippen molar-refractivity contribution in [1.82, 2.24) is 29.4 Å². The first kappa shape index (κ1) is 14.8. The molecular weight excluding hydrogens is 322 g/mol. The third-order valence-corrected chi connectivity index (χ3v) is 3.59. The molecule has 4 heterocycles. The molecule has 0 fully saturated rings. The second-order valence-corrected chi connectivity index (χ2v) is 5.36. The van der Waals surface area contributed by atoms with Crippen LogP contribution in [-0.4, -0.2) is 35.3 Å². The van der Waals surface area contributed by atoms with E-state index in [0.29, 0.717) is 23.0 Å². The van der Waals surface area contributed by atoms with Gasteiger partial charge in [-0.15, -0.1) is 0 Å². The van der Waals surface area contributed by atoms with E-state index in [4.69, 9.17) is 0 Å². The lowest BCUT2D eigenvalue weighted by Gasteiger charge is -2.09. The molecule has 4 aromatic rings. The predicted octanol–water partition coefficient (Wildman–Crippen LogP) is 1.16. The van der Waals surface area contributed by atoms with Gasteiger partial charge in [-0.05, 0) is 19.1 Å². The molecule has 4 rings (SSSR count). The van der Waals surface area contributed by atoms with Crippen LogP contribution in [0.2, 0.25) is 0 Å². The molecular formula is C16H13N7O2. The van der Waals surface area contributed by atoms with Gasteiger partial charge in [-0.25, -0.2) is 14.6 Å². The van der Waals surface area contributed by atoms with Crippen molar-refractivity contribution in [1.29, 1.82) is 0 Å². The molecule has 0 aliphatic rings. The van der Waals surface area contributed by atoms with Gasteiger partial charge in [0, 0.05) is 30.1 Å². The molecule has 0 bridgehead atoms. The number of amides is 1. The summed E-state index contributed by atoms with van der Waals surface area (Å²) in [6.07, 6.45) is 3.11. The summed E-state index contributed by atoms with van der Waals surface area (Å²) < 4.78 is 2.76. The number of aromatic amines is 1. The first-order valence-corrected chi connectivity index (χ1v) is 7.48. The van der Waals surface area contributed by atoms with E-state index in [1.54, 1.807) is 43.5 Å². The summed E-state index contributed by atoms with van der Waals surface area (Å²) in [7, 11) is 0. The van der Waals surface area contributed by atoms with Crippen molar-refractivity contribution in [3.63, 3.8) is 0 Å². The topological polar surface area (TPSA) is 110 Å². The number of nitrogens with one attached hydrogen (secondary N) is 2. The third kappa shape index (κ3) is 2.57. The lowest BCUT2D eigenvalue weighted by atomic mass is 10.3. The zero-order valence-corrected chi connectivity index (χ0v) is 13.2. The van der Waals surface area contributed by atoms with Crippen LogP contribution in [0.1, 0.15) is 16.2 Å². The summed E-state index contributed by atoms with van der Waals surface area (Å²) in [5, 5.41) is 9.15. The van der Waals surface area contributed by atoms with Crippen LogP contribution >= 0.6 is 0 Å². The number of aromatic nitrogens is 6. The van der Waals surface area contributed by atoms with Crippen LogP contribution in [0.5, 0.6) is 0 Å². The number of pyridine rings is 1. The first-order valence-electron chi connectivity index (χ1n) is 7.48. The van der Waals surface area contributed by atoms with Crippen molar-refractivity contribution in [3.05, 3.63) is 70.5 Å². The van der Waals surface area contributed by atoms with E-state index in [9.17, 15) is 9.59 Å². The Morgan fingerprint density at radius 1 is 1.20 bits per heavy atom. The normalized spacial score (nSPS) is 10.9. The molecule has 0 aliphatic heterocycles. The Balaban J connectivity index is 1.95. The average molecular weight is 335 g/mol. The van der Waals surface area contributed by atoms with Crippen LogP contribution in [0.4, 0.5) is 5.82 Å². The molecule has 0 spiro atoms. The van der Waals surface area contributed by atoms with Crippen LogP contribution < -0.4 is 10.9 Å². The quantitative estimate of drug-likeness (QED) is 0.584. The van der Waals surface area contributed by atoms with Gasteiger partial charge < -0.3 is 5.32 Å². The molecule has 0 saturated carbocycles. The fourth-order valence-electron chi connectivity index (χ4n) is 2.58. The summed E-state index contributed by atoms with van der Waals surface area (Å²) in [6, 6.07) is 9.82. The number of rotatable bonds is 3. The van der Waals surface area contributed by atoms with E-state index in [2.05, 4.69) is 25.5 Å². The fraction of sp³-hybridized carbons (Fsp3) is 0.0625. The molecule has 124 valence electrons. The van der Waals surface area contributed by atoms with Crippen molar-refractivity contribution in [3.8, 4) is 5.82 Å². The minimum atomic E-state index is -0.419. The Labute approximate surface area is 141 Å². The van der Waals surface area contributed by atoms with Gasteiger partial charge in [-0.3, -0.25) is 14.7 Å². The average Bonchev–Trinajstić information content (AvgIpc) is 3.23. The standard InChI is InChI=1S/C16H13N7O2/c1-10-8-15(24)23-14(19-10)9-11(16(25)20-12-5-7-18-21-12)22(23)13-4-2-3-6-17-13/h2-9H,1H3,(H2,18,20,21,25). The number of anilines is 1. The van der Waals surface area contributed by atoms with Gasteiger partial charge in [0.2, 0.25) is 0 Å².